The first kappa shape index (κ1) is 20.6. The lowest BCUT2D eigenvalue weighted by molar-refractivity contribution is 0.0476. The van der Waals surface area contributed by atoms with Crippen molar-refractivity contribution in [3.05, 3.63) is 95.0 Å². The Morgan fingerprint density at radius 1 is 0.935 bits per heavy atom. The summed E-state index contributed by atoms with van der Waals surface area (Å²) in [6.45, 7) is -0.356. The predicted octanol–water partition coefficient (Wildman–Crippen LogP) is 5.60. The third-order valence-corrected chi connectivity index (χ3v) is 5.13. The SMILES string of the molecule is COc1ccc(-c2cc(C(=O)OCC(=O)c3ccccc3)c3cccc(Cl)c3n2)cc1. The third-order valence-electron chi connectivity index (χ3n) is 4.83. The van der Waals surface area contributed by atoms with Gasteiger partial charge in [-0.3, -0.25) is 4.79 Å². The molecule has 0 saturated carbocycles. The van der Waals surface area contributed by atoms with Gasteiger partial charge in [0.05, 0.1) is 28.9 Å². The highest BCUT2D eigenvalue weighted by Crippen LogP contribution is 2.30. The number of Topliss-reactive ketones (excluding diaryl/α,β-unsaturated/α-hetero) is 1. The molecule has 0 atom stereocenters. The van der Waals surface area contributed by atoms with Gasteiger partial charge in [-0.25, -0.2) is 9.78 Å². The second-order valence-electron chi connectivity index (χ2n) is 6.78. The fraction of sp³-hybridized carbons (Fsp3) is 0.0800. The maximum atomic E-state index is 12.9. The Kier molecular flexibility index (Phi) is 5.96. The molecule has 4 rings (SSSR count). The minimum Gasteiger partial charge on any atom is -0.497 e. The summed E-state index contributed by atoms with van der Waals surface area (Å²) < 4.78 is 10.5. The Morgan fingerprint density at radius 3 is 2.39 bits per heavy atom. The van der Waals surface area contributed by atoms with E-state index >= 15 is 0 Å². The van der Waals surface area contributed by atoms with Crippen LogP contribution in [-0.4, -0.2) is 30.5 Å². The molecule has 3 aromatic carbocycles. The largest absolute Gasteiger partial charge is 0.497 e. The molecule has 0 radical (unpaired) electrons. The number of pyridine rings is 1. The van der Waals surface area contributed by atoms with Gasteiger partial charge in [0.15, 0.2) is 12.4 Å². The van der Waals surface area contributed by atoms with Gasteiger partial charge in [-0.1, -0.05) is 54.1 Å². The maximum absolute atomic E-state index is 12.9. The first-order chi connectivity index (χ1) is 15.1. The molecule has 0 saturated heterocycles. The number of carbonyl (C=O) groups is 2. The molecule has 31 heavy (non-hydrogen) atoms. The summed E-state index contributed by atoms with van der Waals surface area (Å²) >= 11 is 6.36. The van der Waals surface area contributed by atoms with Crippen molar-refractivity contribution in [2.75, 3.05) is 13.7 Å². The number of ether oxygens (including phenoxy) is 2. The van der Waals surface area contributed by atoms with E-state index in [0.717, 1.165) is 5.56 Å². The second-order valence-corrected chi connectivity index (χ2v) is 7.19. The van der Waals surface area contributed by atoms with E-state index in [1.807, 2.05) is 30.3 Å². The van der Waals surface area contributed by atoms with Crippen LogP contribution in [0.5, 0.6) is 5.75 Å². The lowest BCUT2D eigenvalue weighted by atomic mass is 10.0. The van der Waals surface area contributed by atoms with Crippen molar-refractivity contribution in [3.63, 3.8) is 0 Å². The molecule has 0 unspecified atom stereocenters. The monoisotopic (exact) mass is 431 g/mol. The Balaban J connectivity index is 1.69. The van der Waals surface area contributed by atoms with E-state index in [-0.39, 0.29) is 12.4 Å². The summed E-state index contributed by atoms with van der Waals surface area (Å²) in [5.74, 6) is -0.184. The standard InChI is InChI=1S/C25H18ClNO4/c1-30-18-12-10-16(11-13-18)22-14-20(19-8-5-9-21(26)24(19)27-22)25(29)31-15-23(28)17-6-3-2-4-7-17/h2-14H,15H2,1H3. The van der Waals surface area contributed by atoms with Crippen LogP contribution in [0.15, 0.2) is 78.9 Å². The van der Waals surface area contributed by atoms with Gasteiger partial charge >= 0.3 is 5.97 Å². The second kappa shape index (κ2) is 8.98. The van der Waals surface area contributed by atoms with Crippen LogP contribution in [-0.2, 0) is 4.74 Å². The molecule has 0 bridgehead atoms. The first-order valence-electron chi connectivity index (χ1n) is 9.56. The molecular weight excluding hydrogens is 414 g/mol. The van der Waals surface area contributed by atoms with Crippen LogP contribution >= 0.6 is 11.6 Å². The molecule has 0 aliphatic rings. The average Bonchev–Trinajstić information content (AvgIpc) is 2.82. The predicted molar refractivity (Wildman–Crippen MR) is 120 cm³/mol. The van der Waals surface area contributed by atoms with Gasteiger partial charge in [0, 0.05) is 16.5 Å². The van der Waals surface area contributed by atoms with E-state index in [0.29, 0.717) is 38.5 Å². The Labute approximate surface area is 184 Å². The summed E-state index contributed by atoms with van der Waals surface area (Å²) in [4.78, 5) is 29.9. The number of ketones is 1. The number of esters is 1. The van der Waals surface area contributed by atoms with Crippen LogP contribution in [0.4, 0.5) is 0 Å². The Bertz CT molecular complexity index is 1250. The van der Waals surface area contributed by atoms with Gasteiger partial charge in [0.2, 0.25) is 0 Å². The maximum Gasteiger partial charge on any atom is 0.339 e. The highest BCUT2D eigenvalue weighted by atomic mass is 35.5. The van der Waals surface area contributed by atoms with Crippen LogP contribution in [0, 0.1) is 0 Å². The molecule has 6 heteroatoms. The normalized spacial score (nSPS) is 10.6. The minimum absolute atomic E-state index is 0.277. The van der Waals surface area contributed by atoms with Gasteiger partial charge in [-0.05, 0) is 36.4 Å². The number of fused-ring (bicyclic) bond motifs is 1. The van der Waals surface area contributed by atoms with Crippen molar-refractivity contribution in [2.45, 2.75) is 0 Å². The molecule has 1 heterocycles. The molecule has 4 aromatic rings. The molecule has 5 nitrogen and oxygen atoms in total. The summed E-state index contributed by atoms with van der Waals surface area (Å²) in [6, 6.07) is 22.9. The van der Waals surface area contributed by atoms with E-state index in [4.69, 9.17) is 21.1 Å². The number of para-hydroxylation sites is 1. The number of rotatable bonds is 6. The third kappa shape index (κ3) is 4.42. The number of aromatic nitrogens is 1. The number of hydrogen-bond acceptors (Lipinski definition) is 5. The Hall–Kier alpha value is -3.70. The van der Waals surface area contributed by atoms with Crippen LogP contribution in [0.1, 0.15) is 20.7 Å². The van der Waals surface area contributed by atoms with E-state index < -0.39 is 5.97 Å². The molecule has 0 N–H and O–H groups in total. The summed E-state index contributed by atoms with van der Waals surface area (Å²) in [5, 5.41) is 0.976. The van der Waals surface area contributed by atoms with Crippen LogP contribution in [0.3, 0.4) is 0 Å². The number of methoxy groups -OCH3 is 1. The molecule has 0 amide bonds. The lowest BCUT2D eigenvalue weighted by Gasteiger charge is -2.11. The molecule has 0 fully saturated rings. The van der Waals surface area contributed by atoms with Gasteiger partial charge < -0.3 is 9.47 Å². The van der Waals surface area contributed by atoms with Crippen LogP contribution in [0.25, 0.3) is 22.2 Å². The van der Waals surface area contributed by atoms with E-state index in [2.05, 4.69) is 4.98 Å². The first-order valence-corrected chi connectivity index (χ1v) is 9.93. The van der Waals surface area contributed by atoms with E-state index in [9.17, 15) is 9.59 Å². The fourth-order valence-corrected chi connectivity index (χ4v) is 3.43. The van der Waals surface area contributed by atoms with Crippen LogP contribution in [0.2, 0.25) is 5.02 Å². The van der Waals surface area contributed by atoms with E-state index in [1.165, 1.54) is 0 Å². The summed E-state index contributed by atoms with van der Waals surface area (Å²) in [5.41, 5.74) is 2.61. The fourth-order valence-electron chi connectivity index (χ4n) is 3.21. The zero-order valence-electron chi connectivity index (χ0n) is 16.7. The van der Waals surface area contributed by atoms with Crippen molar-refractivity contribution < 1.29 is 19.1 Å². The highest BCUT2D eigenvalue weighted by Gasteiger charge is 2.18. The van der Waals surface area contributed by atoms with Crippen molar-refractivity contribution in [2.24, 2.45) is 0 Å². The number of carbonyl (C=O) groups excluding carboxylic acids is 2. The van der Waals surface area contributed by atoms with Gasteiger partial charge in [-0.2, -0.15) is 0 Å². The number of halogens is 1. The lowest BCUT2D eigenvalue weighted by Crippen LogP contribution is -2.15. The quantitative estimate of drug-likeness (QED) is 0.293. The molecule has 154 valence electrons. The molecule has 0 spiro atoms. The number of benzene rings is 3. The molecule has 0 aliphatic heterocycles. The van der Waals surface area contributed by atoms with Gasteiger partial charge in [-0.15, -0.1) is 0 Å². The van der Waals surface area contributed by atoms with Crippen molar-refractivity contribution in [1.82, 2.24) is 4.98 Å². The zero-order valence-corrected chi connectivity index (χ0v) is 17.4. The smallest absolute Gasteiger partial charge is 0.339 e. The van der Waals surface area contributed by atoms with Crippen molar-refractivity contribution >= 4 is 34.3 Å². The van der Waals surface area contributed by atoms with E-state index in [1.54, 1.807) is 55.6 Å². The summed E-state index contributed by atoms with van der Waals surface area (Å²) in [7, 11) is 1.59. The van der Waals surface area contributed by atoms with Gasteiger partial charge in [0.25, 0.3) is 0 Å². The Morgan fingerprint density at radius 2 is 1.68 bits per heavy atom. The zero-order chi connectivity index (χ0) is 21.8. The molecule has 0 aliphatic carbocycles. The van der Waals surface area contributed by atoms with Crippen LogP contribution < -0.4 is 4.74 Å². The van der Waals surface area contributed by atoms with Crippen molar-refractivity contribution in [3.8, 4) is 17.0 Å². The minimum atomic E-state index is -0.617. The molecule has 1 aromatic heterocycles. The summed E-state index contributed by atoms with van der Waals surface area (Å²) in [6.07, 6.45) is 0. The van der Waals surface area contributed by atoms with Gasteiger partial charge in [0.1, 0.15) is 5.75 Å². The van der Waals surface area contributed by atoms with Crippen molar-refractivity contribution in [1.29, 1.82) is 0 Å². The topological polar surface area (TPSA) is 65.5 Å². The molecular formula is C25H18ClNO4. The average molecular weight is 432 g/mol. The highest BCUT2D eigenvalue weighted by molar-refractivity contribution is 6.35. The number of nitrogens with zero attached hydrogens (tertiary/aromatic N) is 1. The number of hydrogen-bond donors (Lipinski definition) is 0.